The molecule has 2 amide bonds. The summed E-state index contributed by atoms with van der Waals surface area (Å²) in [7, 11) is -12.9. The molecule has 0 heterocycles. The van der Waals surface area contributed by atoms with E-state index in [4.69, 9.17) is 0 Å². The lowest BCUT2D eigenvalue weighted by Crippen LogP contribution is -2.57. The number of carbonyl (C=O) groups excluding carboxylic acids is 2. The number of amides is 2. The third-order valence-corrected chi connectivity index (χ3v) is 6.00. The zero-order valence-electron chi connectivity index (χ0n) is 13.6. The van der Waals surface area contributed by atoms with Crippen molar-refractivity contribution in [2.75, 3.05) is 0 Å². The molecule has 0 bridgehead atoms. The highest BCUT2D eigenvalue weighted by atomic mass is 32.2. The van der Waals surface area contributed by atoms with Gasteiger partial charge in [-0.25, -0.2) is 8.61 Å². The van der Waals surface area contributed by atoms with E-state index in [-0.39, 0.29) is 0 Å². The Kier molecular flexibility index (Phi) is 6.77. The lowest BCUT2D eigenvalue weighted by molar-refractivity contribution is -0.148. The van der Waals surface area contributed by atoms with E-state index in [1.165, 1.54) is 0 Å². The summed E-state index contributed by atoms with van der Waals surface area (Å²) >= 11 is 0. The molecule has 0 aliphatic rings. The lowest BCUT2D eigenvalue weighted by atomic mass is 10.3. The van der Waals surface area contributed by atoms with Gasteiger partial charge in [0, 0.05) is 12.1 Å². The summed E-state index contributed by atoms with van der Waals surface area (Å²) in [5.41, 5.74) is -12.1. The van der Waals surface area contributed by atoms with Crippen LogP contribution < -0.4 is 0 Å². The van der Waals surface area contributed by atoms with Crippen molar-refractivity contribution in [2.24, 2.45) is 0 Å². The predicted molar refractivity (Wildman–Crippen MR) is 73.9 cm³/mol. The van der Waals surface area contributed by atoms with E-state index in [0.717, 1.165) is 27.7 Å². The van der Waals surface area contributed by atoms with E-state index < -0.39 is 63.6 Å². The molecule has 0 fully saturated rings. The topological polar surface area (TPSA) is 109 Å². The maximum Gasteiger partial charge on any atom is 0.516 e. The second-order valence-electron chi connectivity index (χ2n) is 5.29. The number of sulfonamides is 2. The molecule has 0 aromatic heterocycles. The maximum atomic E-state index is 12.6. The van der Waals surface area contributed by atoms with Gasteiger partial charge in [-0.05, 0) is 27.7 Å². The fraction of sp³-hybridized carbons (Fsp3) is 0.800. The minimum Gasteiger partial charge on any atom is -0.262 e. The quantitative estimate of drug-likeness (QED) is 0.483. The molecule has 0 aliphatic heterocycles. The Bertz CT molecular complexity index is 703. The van der Waals surface area contributed by atoms with Crippen LogP contribution in [-0.2, 0) is 29.6 Å². The van der Waals surface area contributed by atoms with Crippen LogP contribution in [0.3, 0.4) is 0 Å². The van der Waals surface area contributed by atoms with E-state index >= 15 is 0 Å². The molecule has 26 heavy (non-hydrogen) atoms. The molecule has 154 valence electrons. The van der Waals surface area contributed by atoms with E-state index in [1.54, 1.807) is 0 Å². The molecule has 8 nitrogen and oxygen atoms in total. The first-order valence-corrected chi connectivity index (χ1v) is 9.39. The Hall–Kier alpha value is -1.58. The summed E-state index contributed by atoms with van der Waals surface area (Å²) in [4.78, 5) is 23.8. The Morgan fingerprint density at radius 1 is 0.654 bits per heavy atom. The average molecular weight is 436 g/mol. The molecule has 0 N–H and O–H groups in total. The van der Waals surface area contributed by atoms with Crippen molar-refractivity contribution in [3.05, 3.63) is 0 Å². The SMILES string of the molecule is CC(C)N(C(=O)C(=O)N(C(C)C)S(=O)(=O)C(F)(F)F)S(=O)(=O)C(F)(F)F. The van der Waals surface area contributed by atoms with Crippen molar-refractivity contribution < 1.29 is 52.8 Å². The van der Waals surface area contributed by atoms with Gasteiger partial charge in [-0.1, -0.05) is 0 Å². The van der Waals surface area contributed by atoms with Gasteiger partial charge in [0.15, 0.2) is 0 Å². The Morgan fingerprint density at radius 3 is 0.962 bits per heavy atom. The number of hydrogen-bond donors (Lipinski definition) is 0. The van der Waals surface area contributed by atoms with Crippen LogP contribution in [0.2, 0.25) is 0 Å². The van der Waals surface area contributed by atoms with E-state index in [9.17, 15) is 52.8 Å². The largest absolute Gasteiger partial charge is 0.516 e. The first-order chi connectivity index (χ1) is 11.2. The van der Waals surface area contributed by atoms with E-state index in [0.29, 0.717) is 0 Å². The number of hydrogen-bond acceptors (Lipinski definition) is 6. The smallest absolute Gasteiger partial charge is 0.262 e. The van der Waals surface area contributed by atoms with Crippen molar-refractivity contribution >= 4 is 31.9 Å². The van der Waals surface area contributed by atoms with Gasteiger partial charge in [-0.15, -0.1) is 0 Å². The van der Waals surface area contributed by atoms with Gasteiger partial charge >= 0.3 is 42.9 Å². The molecule has 0 aromatic carbocycles. The number of halogens is 6. The standard InChI is InChI=1S/C10H14F6N2O6S2/c1-5(2)17(25(21,22)9(11,12)13)7(19)8(20)18(6(3)4)26(23,24)10(14,15)16/h5-6H,1-4H3. The van der Waals surface area contributed by atoms with Crippen molar-refractivity contribution in [2.45, 2.75) is 50.8 Å². The van der Waals surface area contributed by atoms with Crippen LogP contribution in [0.1, 0.15) is 27.7 Å². The molecule has 0 atom stereocenters. The zero-order chi connectivity index (χ0) is 21.5. The summed E-state index contributed by atoms with van der Waals surface area (Å²) in [5.74, 6) is -5.20. The second kappa shape index (κ2) is 7.21. The number of rotatable bonds is 4. The van der Waals surface area contributed by atoms with Crippen LogP contribution in [0.25, 0.3) is 0 Å². The molecule has 0 saturated heterocycles. The Labute approximate surface area is 144 Å². The molecular formula is C10H14F6N2O6S2. The van der Waals surface area contributed by atoms with Gasteiger partial charge in [-0.2, -0.15) is 43.2 Å². The molecule has 0 spiro atoms. The average Bonchev–Trinajstić information content (AvgIpc) is 2.33. The molecule has 16 heteroatoms. The monoisotopic (exact) mass is 436 g/mol. The molecule has 0 unspecified atom stereocenters. The van der Waals surface area contributed by atoms with Crippen LogP contribution in [0.5, 0.6) is 0 Å². The van der Waals surface area contributed by atoms with Crippen LogP contribution in [0, 0.1) is 0 Å². The highest BCUT2D eigenvalue weighted by molar-refractivity contribution is 7.91. The summed E-state index contributed by atoms with van der Waals surface area (Å²) < 4.78 is 120. The van der Waals surface area contributed by atoms with Crippen LogP contribution in [-0.4, -0.2) is 60.4 Å². The summed E-state index contributed by atoms with van der Waals surface area (Å²) in [6.07, 6.45) is 0. The van der Waals surface area contributed by atoms with Crippen molar-refractivity contribution in [1.29, 1.82) is 0 Å². The van der Waals surface area contributed by atoms with E-state index in [1.807, 2.05) is 0 Å². The fourth-order valence-corrected chi connectivity index (χ4v) is 3.80. The first-order valence-electron chi connectivity index (χ1n) is 6.51. The highest BCUT2D eigenvalue weighted by Crippen LogP contribution is 2.31. The van der Waals surface area contributed by atoms with Crippen LogP contribution in [0.4, 0.5) is 26.3 Å². The zero-order valence-corrected chi connectivity index (χ0v) is 15.2. The minimum absolute atomic E-state index is 0.729. The van der Waals surface area contributed by atoms with Gasteiger partial charge in [0.05, 0.1) is 0 Å². The van der Waals surface area contributed by atoms with Crippen molar-refractivity contribution in [3.63, 3.8) is 0 Å². The number of carbonyl (C=O) groups is 2. The normalized spacial score (nSPS) is 13.8. The summed E-state index contributed by atoms with van der Waals surface area (Å²) in [5, 5.41) is 0. The molecule has 0 aromatic rings. The predicted octanol–water partition coefficient (Wildman–Crippen LogP) is 1.16. The number of alkyl halides is 6. The molecule has 0 rings (SSSR count). The molecule has 0 saturated carbocycles. The van der Waals surface area contributed by atoms with Gasteiger partial charge in [0.2, 0.25) is 0 Å². The third kappa shape index (κ3) is 4.39. The van der Waals surface area contributed by atoms with Crippen LogP contribution in [0.15, 0.2) is 0 Å². The Balaban J connectivity index is 6.38. The van der Waals surface area contributed by atoms with Gasteiger partial charge in [0.1, 0.15) is 0 Å². The highest BCUT2D eigenvalue weighted by Gasteiger charge is 2.57. The number of nitrogens with zero attached hydrogens (tertiary/aromatic N) is 2. The lowest BCUT2D eigenvalue weighted by Gasteiger charge is -2.30. The molecular weight excluding hydrogens is 422 g/mol. The second-order valence-corrected chi connectivity index (χ2v) is 8.90. The third-order valence-electron chi connectivity index (χ3n) is 2.62. The van der Waals surface area contributed by atoms with Gasteiger partial charge in [0.25, 0.3) is 0 Å². The molecule has 0 radical (unpaired) electrons. The Morgan fingerprint density at radius 2 is 0.846 bits per heavy atom. The van der Waals surface area contributed by atoms with E-state index in [2.05, 4.69) is 0 Å². The van der Waals surface area contributed by atoms with Gasteiger partial charge in [-0.3, -0.25) is 9.59 Å². The maximum absolute atomic E-state index is 12.6. The minimum atomic E-state index is -6.46. The van der Waals surface area contributed by atoms with Crippen molar-refractivity contribution in [3.8, 4) is 0 Å². The van der Waals surface area contributed by atoms with Crippen molar-refractivity contribution in [1.82, 2.24) is 8.61 Å². The summed E-state index contributed by atoms with van der Waals surface area (Å²) in [6, 6.07) is -3.69. The van der Waals surface area contributed by atoms with Crippen LogP contribution >= 0.6 is 0 Å². The van der Waals surface area contributed by atoms with Gasteiger partial charge < -0.3 is 0 Å². The summed E-state index contributed by atoms with van der Waals surface area (Å²) in [6.45, 7) is 2.91. The fourth-order valence-electron chi connectivity index (χ4n) is 1.65. The molecule has 0 aliphatic carbocycles. The first kappa shape index (κ1) is 24.4.